The maximum atomic E-state index is 7.40. The first kappa shape index (κ1) is 12.6. The van der Waals surface area contributed by atoms with E-state index in [1.54, 1.807) is 17.8 Å². The highest BCUT2D eigenvalue weighted by molar-refractivity contribution is 7.98. The minimum Gasteiger partial charge on any atom is -0.382 e. The van der Waals surface area contributed by atoms with Crippen molar-refractivity contribution >= 4 is 17.6 Å². The fourth-order valence-electron chi connectivity index (χ4n) is 1.47. The Morgan fingerprint density at radius 2 is 2.00 bits per heavy atom. The van der Waals surface area contributed by atoms with Gasteiger partial charge in [-0.05, 0) is 18.6 Å². The molecule has 0 spiro atoms. The molecule has 0 unspecified atom stereocenters. The van der Waals surface area contributed by atoms with Crippen LogP contribution in [0.1, 0.15) is 17.0 Å². The zero-order valence-electron chi connectivity index (χ0n) is 10.1. The van der Waals surface area contributed by atoms with Crippen molar-refractivity contribution in [2.24, 2.45) is 5.73 Å². The van der Waals surface area contributed by atoms with Crippen LogP contribution in [-0.4, -0.2) is 15.8 Å². The van der Waals surface area contributed by atoms with E-state index in [0.717, 1.165) is 11.4 Å². The zero-order valence-corrected chi connectivity index (χ0v) is 10.9. The summed E-state index contributed by atoms with van der Waals surface area (Å²) >= 11 is 1.54. The first-order valence-corrected chi connectivity index (χ1v) is 6.50. The van der Waals surface area contributed by atoms with Gasteiger partial charge in [-0.3, -0.25) is 5.41 Å². The lowest BCUT2D eigenvalue weighted by Gasteiger charge is -2.04. The third-order valence-electron chi connectivity index (χ3n) is 2.32. The summed E-state index contributed by atoms with van der Waals surface area (Å²) < 4.78 is 0. The predicted molar refractivity (Wildman–Crippen MR) is 73.8 cm³/mol. The molecule has 1 heterocycles. The molecule has 0 aliphatic heterocycles. The van der Waals surface area contributed by atoms with Crippen molar-refractivity contribution in [3.8, 4) is 0 Å². The maximum absolute atomic E-state index is 7.40. The van der Waals surface area contributed by atoms with Crippen molar-refractivity contribution in [2.75, 3.05) is 0 Å². The third kappa shape index (κ3) is 3.30. The van der Waals surface area contributed by atoms with E-state index >= 15 is 0 Å². The molecule has 0 fully saturated rings. The average molecular weight is 258 g/mol. The lowest BCUT2D eigenvalue weighted by molar-refractivity contribution is 0.921. The van der Waals surface area contributed by atoms with E-state index in [1.807, 2.05) is 25.1 Å². The van der Waals surface area contributed by atoms with Crippen LogP contribution in [-0.2, 0) is 5.75 Å². The lowest BCUT2D eigenvalue weighted by Crippen LogP contribution is -2.14. The molecule has 1 aromatic heterocycles. The number of aromatic nitrogens is 2. The maximum Gasteiger partial charge on any atom is 0.188 e. The topological polar surface area (TPSA) is 75.7 Å². The Labute approximate surface area is 110 Å². The number of nitrogens with zero attached hydrogens (tertiary/aromatic N) is 2. The number of nitrogens with two attached hydrogens (primary N) is 1. The van der Waals surface area contributed by atoms with E-state index in [0.29, 0.717) is 10.9 Å². The number of hydrogen-bond donors (Lipinski definition) is 2. The van der Waals surface area contributed by atoms with Gasteiger partial charge in [0, 0.05) is 11.4 Å². The normalized spacial score (nSPS) is 10.3. The Kier molecular flexibility index (Phi) is 3.94. The van der Waals surface area contributed by atoms with E-state index in [-0.39, 0.29) is 5.84 Å². The molecule has 0 aliphatic carbocycles. The molecule has 1 aromatic carbocycles. The lowest BCUT2D eigenvalue weighted by atomic mass is 10.2. The van der Waals surface area contributed by atoms with Gasteiger partial charge in [0.25, 0.3) is 0 Å². The second-order valence-electron chi connectivity index (χ2n) is 3.87. The molecule has 0 atom stereocenters. The SMILES string of the molecule is Cc1cc(C(=N)N)nc(SCc2ccccc2)n1. The number of hydrogen-bond acceptors (Lipinski definition) is 4. The molecule has 92 valence electrons. The van der Waals surface area contributed by atoms with Crippen LogP contribution in [0.25, 0.3) is 0 Å². The van der Waals surface area contributed by atoms with Crippen molar-refractivity contribution in [3.05, 3.63) is 53.3 Å². The highest BCUT2D eigenvalue weighted by Gasteiger charge is 2.05. The minimum atomic E-state index is -0.0259. The van der Waals surface area contributed by atoms with E-state index in [9.17, 15) is 0 Å². The molecule has 2 aromatic rings. The van der Waals surface area contributed by atoms with Gasteiger partial charge in [0.2, 0.25) is 0 Å². The number of nitrogen functional groups attached to an aromatic ring is 1. The molecule has 0 amide bonds. The van der Waals surface area contributed by atoms with Crippen LogP contribution in [0.4, 0.5) is 0 Å². The molecule has 0 aliphatic rings. The molecule has 3 N–H and O–H groups in total. The fraction of sp³-hybridized carbons (Fsp3) is 0.154. The molecule has 5 heteroatoms. The Hall–Kier alpha value is -1.88. The van der Waals surface area contributed by atoms with Crippen LogP contribution in [0.5, 0.6) is 0 Å². The number of thioether (sulfide) groups is 1. The second-order valence-corrected chi connectivity index (χ2v) is 4.81. The van der Waals surface area contributed by atoms with Gasteiger partial charge in [-0.25, -0.2) is 9.97 Å². The molecule has 0 saturated heterocycles. The highest BCUT2D eigenvalue weighted by Crippen LogP contribution is 2.19. The molecule has 0 saturated carbocycles. The summed E-state index contributed by atoms with van der Waals surface area (Å²) in [6, 6.07) is 11.9. The molecule has 2 rings (SSSR count). The molecule has 18 heavy (non-hydrogen) atoms. The molecular weight excluding hydrogens is 244 g/mol. The standard InChI is InChI=1S/C13H14N4S/c1-9-7-11(12(14)15)17-13(16-9)18-8-10-5-3-2-4-6-10/h2-7H,8H2,1H3,(H3,14,15). The van der Waals surface area contributed by atoms with Crippen LogP contribution in [0.15, 0.2) is 41.6 Å². The molecule has 0 bridgehead atoms. The minimum absolute atomic E-state index is 0.0259. The van der Waals surface area contributed by atoms with Gasteiger partial charge in [-0.15, -0.1) is 0 Å². The average Bonchev–Trinajstić information content (AvgIpc) is 2.37. The Balaban J connectivity index is 2.12. The largest absolute Gasteiger partial charge is 0.382 e. The third-order valence-corrected chi connectivity index (χ3v) is 3.24. The van der Waals surface area contributed by atoms with Crippen LogP contribution in [0.2, 0.25) is 0 Å². The van der Waals surface area contributed by atoms with Gasteiger partial charge in [-0.2, -0.15) is 0 Å². The van der Waals surface area contributed by atoms with Crippen molar-refractivity contribution in [1.29, 1.82) is 5.41 Å². The van der Waals surface area contributed by atoms with Crippen molar-refractivity contribution in [3.63, 3.8) is 0 Å². The van der Waals surface area contributed by atoms with Crippen LogP contribution in [0.3, 0.4) is 0 Å². The number of benzene rings is 1. The summed E-state index contributed by atoms with van der Waals surface area (Å²) in [4.78, 5) is 8.58. The summed E-state index contributed by atoms with van der Waals surface area (Å²) in [5, 5.41) is 8.06. The number of rotatable bonds is 4. The van der Waals surface area contributed by atoms with Crippen LogP contribution >= 0.6 is 11.8 Å². The fourth-order valence-corrected chi connectivity index (χ4v) is 2.33. The van der Waals surface area contributed by atoms with Gasteiger partial charge >= 0.3 is 0 Å². The monoisotopic (exact) mass is 258 g/mol. The van der Waals surface area contributed by atoms with Crippen molar-refractivity contribution in [2.45, 2.75) is 17.8 Å². The Morgan fingerprint density at radius 3 is 2.67 bits per heavy atom. The van der Waals surface area contributed by atoms with Gasteiger partial charge in [-0.1, -0.05) is 42.1 Å². The Morgan fingerprint density at radius 1 is 1.28 bits per heavy atom. The van der Waals surface area contributed by atoms with Crippen molar-refractivity contribution in [1.82, 2.24) is 9.97 Å². The van der Waals surface area contributed by atoms with E-state index in [4.69, 9.17) is 11.1 Å². The zero-order chi connectivity index (χ0) is 13.0. The summed E-state index contributed by atoms with van der Waals surface area (Å²) in [5.74, 6) is 0.781. The van der Waals surface area contributed by atoms with Gasteiger partial charge in [0.15, 0.2) is 5.16 Å². The van der Waals surface area contributed by atoms with E-state index < -0.39 is 0 Å². The smallest absolute Gasteiger partial charge is 0.188 e. The first-order valence-electron chi connectivity index (χ1n) is 5.52. The van der Waals surface area contributed by atoms with Crippen LogP contribution in [0, 0.1) is 12.3 Å². The number of amidine groups is 1. The first-order chi connectivity index (χ1) is 8.65. The predicted octanol–water partition coefficient (Wildman–Crippen LogP) is 2.36. The summed E-state index contributed by atoms with van der Waals surface area (Å²) in [6.07, 6.45) is 0. The van der Waals surface area contributed by atoms with E-state index in [2.05, 4.69) is 22.1 Å². The summed E-state index contributed by atoms with van der Waals surface area (Å²) in [5.41, 5.74) is 7.97. The van der Waals surface area contributed by atoms with E-state index in [1.165, 1.54) is 5.56 Å². The van der Waals surface area contributed by atoms with Gasteiger partial charge in [0.1, 0.15) is 11.5 Å². The number of nitrogens with one attached hydrogen (secondary N) is 1. The van der Waals surface area contributed by atoms with Gasteiger partial charge < -0.3 is 5.73 Å². The molecular formula is C13H14N4S. The molecule has 0 radical (unpaired) electrons. The number of aryl methyl sites for hydroxylation is 1. The molecule has 4 nitrogen and oxygen atoms in total. The quantitative estimate of drug-likeness (QED) is 0.382. The second kappa shape index (κ2) is 5.64. The highest BCUT2D eigenvalue weighted by atomic mass is 32.2. The van der Waals surface area contributed by atoms with Crippen molar-refractivity contribution < 1.29 is 0 Å². The van der Waals surface area contributed by atoms with Crippen LogP contribution < -0.4 is 5.73 Å². The summed E-state index contributed by atoms with van der Waals surface area (Å²) in [7, 11) is 0. The van der Waals surface area contributed by atoms with Gasteiger partial charge in [0.05, 0.1) is 0 Å². The Bertz CT molecular complexity index is 554. The summed E-state index contributed by atoms with van der Waals surface area (Å²) in [6.45, 7) is 1.88.